The van der Waals surface area contributed by atoms with Crippen LogP contribution in [0.15, 0.2) is 24.3 Å². The van der Waals surface area contributed by atoms with E-state index in [9.17, 15) is 4.79 Å². The first-order chi connectivity index (χ1) is 13.2. The Morgan fingerprint density at radius 2 is 1.89 bits per heavy atom. The minimum Gasteiger partial charge on any atom is -0.381 e. The lowest BCUT2D eigenvalue weighted by molar-refractivity contribution is -0.0690. The van der Waals surface area contributed by atoms with Gasteiger partial charge in [0.2, 0.25) is 0 Å². The minimum absolute atomic E-state index is 0.0123. The van der Waals surface area contributed by atoms with E-state index in [1.54, 1.807) is 0 Å². The Bertz CT molecular complexity index is 668. The van der Waals surface area contributed by atoms with Gasteiger partial charge < -0.3 is 24.8 Å². The molecule has 2 heterocycles. The van der Waals surface area contributed by atoms with Crippen molar-refractivity contribution < 1.29 is 19.0 Å². The third-order valence-corrected chi connectivity index (χ3v) is 5.48. The molecule has 28 heavy (non-hydrogen) atoms. The van der Waals surface area contributed by atoms with E-state index in [-0.39, 0.29) is 29.4 Å². The van der Waals surface area contributed by atoms with Crippen LogP contribution in [0, 0.1) is 0 Å². The maximum absolute atomic E-state index is 12.4. The van der Waals surface area contributed by atoms with E-state index in [1.807, 2.05) is 26.0 Å². The fourth-order valence-corrected chi connectivity index (χ4v) is 4.06. The summed E-state index contributed by atoms with van der Waals surface area (Å²) in [6.45, 7) is 10.8. The molecule has 2 aliphatic heterocycles. The normalized spacial score (nSPS) is 24.1. The second-order valence-electron chi connectivity index (χ2n) is 8.99. The van der Waals surface area contributed by atoms with Crippen LogP contribution in [0.5, 0.6) is 0 Å². The summed E-state index contributed by atoms with van der Waals surface area (Å²) in [5.41, 5.74) is 1.59. The number of hydrogen-bond acceptors (Lipinski definition) is 4. The number of urea groups is 1. The molecule has 2 saturated heterocycles. The lowest BCUT2D eigenvalue weighted by Gasteiger charge is -2.27. The Kier molecular flexibility index (Phi) is 6.63. The van der Waals surface area contributed by atoms with Crippen molar-refractivity contribution in [3.05, 3.63) is 35.4 Å². The van der Waals surface area contributed by atoms with Gasteiger partial charge in [0.15, 0.2) is 0 Å². The molecule has 6 nitrogen and oxygen atoms in total. The zero-order chi connectivity index (χ0) is 20.2. The van der Waals surface area contributed by atoms with E-state index in [2.05, 4.69) is 36.6 Å². The van der Waals surface area contributed by atoms with E-state index in [0.717, 1.165) is 43.6 Å². The van der Waals surface area contributed by atoms with Crippen LogP contribution in [0.4, 0.5) is 4.79 Å². The monoisotopic (exact) mass is 390 g/mol. The molecule has 0 aliphatic carbocycles. The molecule has 1 aromatic carbocycles. The Morgan fingerprint density at radius 1 is 1.18 bits per heavy atom. The zero-order valence-corrected chi connectivity index (χ0v) is 17.5. The zero-order valence-electron chi connectivity index (χ0n) is 17.5. The standard InChI is InChI=1S/C22H34N2O4/c1-21(2)13-19(22(3,4)28-21)24-20(25)23-14-16-6-5-7-17(12-16)15-27-18-8-10-26-11-9-18/h5-7,12,18-19H,8-11,13-15H2,1-4H3,(H2,23,24,25). The van der Waals surface area contributed by atoms with Crippen LogP contribution < -0.4 is 10.6 Å². The maximum Gasteiger partial charge on any atom is 0.315 e. The van der Waals surface area contributed by atoms with Gasteiger partial charge in [0.05, 0.1) is 30.0 Å². The van der Waals surface area contributed by atoms with E-state index >= 15 is 0 Å². The number of carbonyl (C=O) groups is 1. The Balaban J connectivity index is 1.45. The van der Waals surface area contributed by atoms with E-state index in [0.29, 0.717) is 13.2 Å². The van der Waals surface area contributed by atoms with Crippen LogP contribution >= 0.6 is 0 Å². The summed E-state index contributed by atoms with van der Waals surface area (Å²) in [7, 11) is 0. The molecule has 6 heteroatoms. The van der Waals surface area contributed by atoms with Crippen LogP contribution in [-0.4, -0.2) is 42.6 Å². The van der Waals surface area contributed by atoms with Gasteiger partial charge in [-0.15, -0.1) is 0 Å². The Morgan fingerprint density at radius 3 is 2.57 bits per heavy atom. The highest BCUT2D eigenvalue weighted by Crippen LogP contribution is 2.37. The topological polar surface area (TPSA) is 68.8 Å². The molecular formula is C22H34N2O4. The first kappa shape index (κ1) is 21.1. The summed E-state index contributed by atoms with van der Waals surface area (Å²) in [4.78, 5) is 12.4. The van der Waals surface area contributed by atoms with Gasteiger partial charge in [0.1, 0.15) is 0 Å². The second kappa shape index (κ2) is 8.80. The van der Waals surface area contributed by atoms with Gasteiger partial charge in [-0.25, -0.2) is 4.79 Å². The third kappa shape index (κ3) is 5.93. The van der Waals surface area contributed by atoms with Gasteiger partial charge in [-0.2, -0.15) is 0 Å². The number of rotatable bonds is 6. The molecule has 2 aliphatic rings. The molecular weight excluding hydrogens is 356 g/mol. The van der Waals surface area contributed by atoms with E-state index in [4.69, 9.17) is 14.2 Å². The van der Waals surface area contributed by atoms with Gasteiger partial charge in [0, 0.05) is 19.8 Å². The highest BCUT2D eigenvalue weighted by atomic mass is 16.5. The summed E-state index contributed by atoms with van der Waals surface area (Å²) in [5, 5.41) is 6.03. The minimum atomic E-state index is -0.373. The number of amides is 2. The number of carbonyl (C=O) groups excluding carboxylic acids is 1. The summed E-state index contributed by atoms with van der Waals surface area (Å²) >= 11 is 0. The SMILES string of the molecule is CC1(C)CC(NC(=O)NCc2cccc(COC3CCOCC3)c2)C(C)(C)O1. The van der Waals surface area contributed by atoms with Crippen molar-refractivity contribution in [1.82, 2.24) is 10.6 Å². The quantitative estimate of drug-likeness (QED) is 0.780. The average molecular weight is 391 g/mol. The summed E-state index contributed by atoms with van der Waals surface area (Å²) in [6, 6.07) is 8.00. The highest BCUT2D eigenvalue weighted by molar-refractivity contribution is 5.74. The van der Waals surface area contributed by atoms with Gasteiger partial charge in [-0.3, -0.25) is 0 Å². The molecule has 0 saturated carbocycles. The fourth-order valence-electron chi connectivity index (χ4n) is 4.06. The van der Waals surface area contributed by atoms with Gasteiger partial charge >= 0.3 is 6.03 Å². The molecule has 1 aromatic rings. The fraction of sp³-hybridized carbons (Fsp3) is 0.682. The van der Waals surface area contributed by atoms with Crippen molar-refractivity contribution in [2.75, 3.05) is 13.2 Å². The summed E-state index contributed by atoms with van der Waals surface area (Å²) in [6.07, 6.45) is 2.99. The molecule has 0 aromatic heterocycles. The highest BCUT2D eigenvalue weighted by Gasteiger charge is 2.46. The lowest BCUT2D eigenvalue weighted by Crippen LogP contribution is -2.49. The first-order valence-corrected chi connectivity index (χ1v) is 10.3. The molecule has 1 unspecified atom stereocenters. The molecule has 0 spiro atoms. The predicted octanol–water partition coefficient (Wildman–Crippen LogP) is 3.53. The number of hydrogen-bond donors (Lipinski definition) is 2. The van der Waals surface area contributed by atoms with Crippen molar-refractivity contribution in [2.24, 2.45) is 0 Å². The average Bonchev–Trinajstić information content (AvgIpc) is 2.86. The van der Waals surface area contributed by atoms with Crippen molar-refractivity contribution in [1.29, 1.82) is 0 Å². The van der Waals surface area contributed by atoms with Crippen molar-refractivity contribution in [2.45, 2.75) is 83.5 Å². The predicted molar refractivity (Wildman–Crippen MR) is 108 cm³/mol. The van der Waals surface area contributed by atoms with Crippen molar-refractivity contribution >= 4 is 6.03 Å². The molecule has 2 N–H and O–H groups in total. The summed E-state index contributed by atoms with van der Waals surface area (Å²) in [5.74, 6) is 0. The van der Waals surface area contributed by atoms with Crippen LogP contribution in [0.1, 0.15) is 58.1 Å². The smallest absolute Gasteiger partial charge is 0.315 e. The number of nitrogens with one attached hydrogen (secondary N) is 2. The molecule has 2 amide bonds. The Hall–Kier alpha value is -1.63. The summed E-state index contributed by atoms with van der Waals surface area (Å²) < 4.78 is 17.4. The second-order valence-corrected chi connectivity index (χ2v) is 8.99. The molecule has 3 rings (SSSR count). The van der Waals surface area contributed by atoms with Crippen LogP contribution in [0.3, 0.4) is 0 Å². The van der Waals surface area contributed by atoms with Crippen LogP contribution in [0.2, 0.25) is 0 Å². The largest absolute Gasteiger partial charge is 0.381 e. The van der Waals surface area contributed by atoms with Crippen LogP contribution in [-0.2, 0) is 27.4 Å². The number of ether oxygens (including phenoxy) is 3. The third-order valence-electron chi connectivity index (χ3n) is 5.48. The van der Waals surface area contributed by atoms with Gasteiger partial charge in [-0.1, -0.05) is 24.3 Å². The maximum atomic E-state index is 12.4. The Labute approximate surface area is 168 Å². The van der Waals surface area contributed by atoms with E-state index < -0.39 is 0 Å². The molecule has 2 fully saturated rings. The lowest BCUT2D eigenvalue weighted by atomic mass is 9.95. The van der Waals surface area contributed by atoms with E-state index in [1.165, 1.54) is 0 Å². The number of benzene rings is 1. The first-order valence-electron chi connectivity index (χ1n) is 10.3. The van der Waals surface area contributed by atoms with Gasteiger partial charge in [-0.05, 0) is 58.1 Å². The van der Waals surface area contributed by atoms with Crippen molar-refractivity contribution in [3.8, 4) is 0 Å². The van der Waals surface area contributed by atoms with Crippen molar-refractivity contribution in [3.63, 3.8) is 0 Å². The van der Waals surface area contributed by atoms with Gasteiger partial charge in [0.25, 0.3) is 0 Å². The molecule has 156 valence electrons. The van der Waals surface area contributed by atoms with Crippen LogP contribution in [0.25, 0.3) is 0 Å². The molecule has 0 radical (unpaired) electrons. The molecule has 1 atom stereocenters. The molecule has 0 bridgehead atoms.